The molecule has 2 aromatic heterocycles. The van der Waals surface area contributed by atoms with E-state index in [9.17, 15) is 0 Å². The van der Waals surface area contributed by atoms with E-state index in [2.05, 4.69) is 20.5 Å². The molecule has 0 aromatic carbocycles. The second kappa shape index (κ2) is 2.55. The number of anilines is 1. The van der Waals surface area contributed by atoms with Gasteiger partial charge in [-0.3, -0.25) is 0 Å². The van der Waals surface area contributed by atoms with Crippen LogP contribution in [0.15, 0.2) is 5.38 Å². The lowest BCUT2D eigenvalue weighted by Gasteiger charge is -1.81. The van der Waals surface area contributed by atoms with Gasteiger partial charge in [0.15, 0.2) is 10.1 Å². The van der Waals surface area contributed by atoms with Gasteiger partial charge in [0, 0.05) is 16.9 Å². The Morgan fingerprint density at radius 1 is 1.55 bits per heavy atom. The van der Waals surface area contributed by atoms with E-state index in [0.717, 1.165) is 5.01 Å². The highest BCUT2D eigenvalue weighted by molar-refractivity contribution is 7.13. The van der Waals surface area contributed by atoms with Crippen LogP contribution in [-0.4, -0.2) is 14.3 Å². The van der Waals surface area contributed by atoms with Gasteiger partial charge >= 0.3 is 0 Å². The number of rotatable bonds is 1. The van der Waals surface area contributed by atoms with Crippen molar-refractivity contribution in [2.75, 3.05) is 5.73 Å². The van der Waals surface area contributed by atoms with Gasteiger partial charge in [-0.1, -0.05) is 0 Å². The number of nitrogen functional groups attached to an aromatic ring is 1. The third kappa shape index (κ3) is 1.22. The number of thiazole rings is 1. The number of hydrogen-bond acceptors (Lipinski definition) is 6. The summed E-state index contributed by atoms with van der Waals surface area (Å²) in [4.78, 5) is 7.89. The largest absolute Gasteiger partial charge is 0.374 e. The van der Waals surface area contributed by atoms with Gasteiger partial charge in [0.05, 0.1) is 0 Å². The molecular weight excluding hydrogens is 180 g/mol. The van der Waals surface area contributed by atoms with E-state index < -0.39 is 0 Å². The topological polar surface area (TPSA) is 64.7 Å². The highest BCUT2D eigenvalue weighted by Gasteiger charge is 2.05. The lowest BCUT2D eigenvalue weighted by atomic mass is 10.6. The highest BCUT2D eigenvalue weighted by atomic mass is 32.1. The molecule has 0 unspecified atom stereocenters. The van der Waals surface area contributed by atoms with E-state index in [4.69, 9.17) is 5.73 Å². The van der Waals surface area contributed by atoms with Gasteiger partial charge in [-0.15, -0.1) is 11.3 Å². The monoisotopic (exact) mass is 183 g/mol. The first-order valence-corrected chi connectivity index (χ1v) is 4.42. The number of aromatic nitrogens is 3. The zero-order valence-corrected chi connectivity index (χ0v) is 6.95. The third-order valence-corrected chi connectivity index (χ3v) is 2.29. The molecule has 0 fully saturated rings. The normalized spacial score (nSPS) is 10.2. The molecule has 1 radical (unpaired) electrons. The molecule has 55 valence electrons. The second-order valence-electron chi connectivity index (χ2n) is 1.74. The van der Waals surface area contributed by atoms with Crippen LogP contribution in [0.2, 0.25) is 0 Å². The van der Waals surface area contributed by atoms with E-state index in [-0.39, 0.29) is 0 Å². The first-order chi connectivity index (χ1) is 5.36. The Bertz CT molecular complexity index is 339. The van der Waals surface area contributed by atoms with E-state index in [1.807, 2.05) is 0 Å². The first kappa shape index (κ1) is 6.68. The Balaban J connectivity index is 2.45. The quantitative estimate of drug-likeness (QED) is 0.717. The first-order valence-electron chi connectivity index (χ1n) is 2.77. The molecule has 0 aliphatic rings. The van der Waals surface area contributed by atoms with Crippen molar-refractivity contribution in [1.82, 2.24) is 14.3 Å². The van der Waals surface area contributed by atoms with Crippen LogP contribution in [0, 0.1) is 6.20 Å². The van der Waals surface area contributed by atoms with Gasteiger partial charge < -0.3 is 5.73 Å². The van der Waals surface area contributed by atoms with E-state index >= 15 is 0 Å². The summed E-state index contributed by atoms with van der Waals surface area (Å²) in [7, 11) is 0. The molecule has 0 saturated carbocycles. The summed E-state index contributed by atoms with van der Waals surface area (Å²) >= 11 is 2.62. The van der Waals surface area contributed by atoms with Crippen molar-refractivity contribution >= 4 is 28.0 Å². The molecule has 2 heterocycles. The molecular formula is C5H3N4S2. The SMILES string of the molecule is Nc1nc(-c2n[c]cs2)ns1. The molecule has 6 heteroatoms. The average Bonchev–Trinajstić information content (AvgIpc) is 2.55. The summed E-state index contributed by atoms with van der Waals surface area (Å²) in [5.41, 5.74) is 5.40. The predicted octanol–water partition coefficient (Wildman–Crippen LogP) is 1.04. The van der Waals surface area contributed by atoms with Crippen LogP contribution in [0.1, 0.15) is 0 Å². The molecule has 0 bridgehead atoms. The van der Waals surface area contributed by atoms with Crippen molar-refractivity contribution in [3.8, 4) is 10.8 Å². The predicted molar refractivity (Wildman–Crippen MR) is 44.3 cm³/mol. The van der Waals surface area contributed by atoms with Crippen molar-refractivity contribution in [3.05, 3.63) is 11.6 Å². The smallest absolute Gasteiger partial charge is 0.203 e. The molecule has 0 saturated heterocycles. The maximum atomic E-state index is 5.40. The lowest BCUT2D eigenvalue weighted by Crippen LogP contribution is -1.82. The number of hydrogen-bond donors (Lipinski definition) is 1. The minimum atomic E-state index is 0.468. The Morgan fingerprint density at radius 2 is 2.45 bits per heavy atom. The molecule has 11 heavy (non-hydrogen) atoms. The maximum absolute atomic E-state index is 5.40. The summed E-state index contributed by atoms with van der Waals surface area (Å²) in [5, 5.41) is 2.99. The number of nitrogens with two attached hydrogens (primary N) is 1. The van der Waals surface area contributed by atoms with Crippen molar-refractivity contribution < 1.29 is 0 Å². The van der Waals surface area contributed by atoms with Gasteiger partial charge in [-0.2, -0.15) is 9.36 Å². The van der Waals surface area contributed by atoms with Crippen LogP contribution >= 0.6 is 22.9 Å². The van der Waals surface area contributed by atoms with E-state index in [0.29, 0.717) is 11.0 Å². The second-order valence-corrected chi connectivity index (χ2v) is 3.38. The molecule has 0 atom stereocenters. The van der Waals surface area contributed by atoms with Gasteiger partial charge in [-0.25, -0.2) is 4.98 Å². The standard InChI is InChI=1S/C5H3N4S2/c6-5-8-3(9-11-5)4-7-1-2-10-4/h2H,(H2,6,8,9). The summed E-state index contributed by atoms with van der Waals surface area (Å²) in [6.45, 7) is 0. The van der Waals surface area contributed by atoms with Crippen LogP contribution in [0.25, 0.3) is 10.8 Å². The minimum absolute atomic E-state index is 0.468. The Hall–Kier alpha value is -1.01. The highest BCUT2D eigenvalue weighted by Crippen LogP contribution is 2.20. The third-order valence-electron chi connectivity index (χ3n) is 1.02. The van der Waals surface area contributed by atoms with Crippen LogP contribution in [0.4, 0.5) is 5.13 Å². The van der Waals surface area contributed by atoms with Gasteiger partial charge in [0.2, 0.25) is 5.82 Å². The Kier molecular flexibility index (Phi) is 1.55. The van der Waals surface area contributed by atoms with E-state index in [1.165, 1.54) is 22.9 Å². The lowest BCUT2D eigenvalue weighted by molar-refractivity contribution is 1.28. The summed E-state index contributed by atoms with van der Waals surface area (Å²) < 4.78 is 3.99. The molecule has 0 amide bonds. The fraction of sp³-hybridized carbons (Fsp3) is 0. The van der Waals surface area contributed by atoms with E-state index in [1.54, 1.807) is 5.38 Å². The molecule has 0 aliphatic heterocycles. The molecule has 0 aliphatic carbocycles. The Morgan fingerprint density at radius 3 is 3.00 bits per heavy atom. The molecule has 2 N–H and O–H groups in total. The van der Waals surface area contributed by atoms with Crippen LogP contribution < -0.4 is 5.73 Å². The zero-order chi connectivity index (χ0) is 7.68. The maximum Gasteiger partial charge on any atom is 0.203 e. The molecule has 2 rings (SSSR count). The van der Waals surface area contributed by atoms with Crippen LogP contribution in [-0.2, 0) is 0 Å². The van der Waals surface area contributed by atoms with Crippen molar-refractivity contribution in [1.29, 1.82) is 0 Å². The van der Waals surface area contributed by atoms with Crippen molar-refractivity contribution in [2.24, 2.45) is 0 Å². The van der Waals surface area contributed by atoms with Gasteiger partial charge in [-0.05, 0) is 0 Å². The summed E-state index contributed by atoms with van der Waals surface area (Å²) in [6.07, 6.45) is 2.69. The number of nitrogens with zero attached hydrogens (tertiary/aromatic N) is 3. The fourth-order valence-electron chi connectivity index (χ4n) is 0.618. The van der Waals surface area contributed by atoms with Crippen molar-refractivity contribution in [2.45, 2.75) is 0 Å². The summed E-state index contributed by atoms with van der Waals surface area (Å²) in [5.74, 6) is 0.596. The van der Waals surface area contributed by atoms with Crippen molar-refractivity contribution in [3.63, 3.8) is 0 Å². The fourth-order valence-corrected chi connectivity index (χ4v) is 1.63. The van der Waals surface area contributed by atoms with Crippen LogP contribution in [0.5, 0.6) is 0 Å². The molecule has 2 aromatic rings. The molecule has 0 spiro atoms. The van der Waals surface area contributed by atoms with Gasteiger partial charge in [0.25, 0.3) is 0 Å². The Labute approximate surface area is 70.9 Å². The minimum Gasteiger partial charge on any atom is -0.374 e. The average molecular weight is 183 g/mol. The summed E-state index contributed by atoms with van der Waals surface area (Å²) in [6, 6.07) is 0. The molecule has 4 nitrogen and oxygen atoms in total. The van der Waals surface area contributed by atoms with Gasteiger partial charge in [0.1, 0.15) is 6.20 Å². The zero-order valence-electron chi connectivity index (χ0n) is 5.31. The van der Waals surface area contributed by atoms with Crippen LogP contribution in [0.3, 0.4) is 0 Å².